The van der Waals surface area contributed by atoms with Gasteiger partial charge in [0.25, 0.3) is 0 Å². The second-order valence-corrected chi connectivity index (χ2v) is 6.84. The maximum absolute atomic E-state index is 13.8. The van der Waals surface area contributed by atoms with Crippen LogP contribution in [0.25, 0.3) is 10.6 Å². The first-order valence-corrected chi connectivity index (χ1v) is 8.61. The molecule has 0 amide bonds. The molecule has 1 unspecified atom stereocenters. The maximum Gasteiger partial charge on any atom is 0.133 e. The van der Waals surface area contributed by atoms with Crippen LogP contribution >= 0.6 is 11.3 Å². The second-order valence-electron chi connectivity index (χ2n) is 5.98. The van der Waals surface area contributed by atoms with Gasteiger partial charge in [0, 0.05) is 17.5 Å². The van der Waals surface area contributed by atoms with E-state index in [-0.39, 0.29) is 11.9 Å². The number of hydrogen-bond donors (Lipinski definition) is 1. The van der Waals surface area contributed by atoms with Crippen molar-refractivity contribution in [3.8, 4) is 10.6 Å². The molecule has 22 heavy (non-hydrogen) atoms. The average Bonchev–Trinajstić information content (AvgIpc) is 2.96. The SMILES string of the molecule is CC(O)C1CCN(Cc2csc(-c3ccccc3F)n2)CC1. The minimum Gasteiger partial charge on any atom is -0.393 e. The zero-order valence-corrected chi connectivity index (χ0v) is 13.5. The number of piperidine rings is 1. The van der Waals surface area contributed by atoms with Crippen molar-refractivity contribution in [1.29, 1.82) is 0 Å². The van der Waals surface area contributed by atoms with Crippen molar-refractivity contribution in [2.75, 3.05) is 13.1 Å². The van der Waals surface area contributed by atoms with Gasteiger partial charge in [0.15, 0.2) is 0 Å². The smallest absolute Gasteiger partial charge is 0.133 e. The molecule has 1 saturated heterocycles. The van der Waals surface area contributed by atoms with Crippen LogP contribution in [0.1, 0.15) is 25.5 Å². The number of hydrogen-bond acceptors (Lipinski definition) is 4. The van der Waals surface area contributed by atoms with Crippen LogP contribution in [0.4, 0.5) is 4.39 Å². The van der Waals surface area contributed by atoms with Gasteiger partial charge < -0.3 is 5.11 Å². The number of rotatable bonds is 4. The first-order valence-electron chi connectivity index (χ1n) is 7.73. The third-order valence-corrected chi connectivity index (χ3v) is 5.28. The van der Waals surface area contributed by atoms with Crippen molar-refractivity contribution in [1.82, 2.24) is 9.88 Å². The molecule has 1 aromatic heterocycles. The van der Waals surface area contributed by atoms with Crippen molar-refractivity contribution in [2.45, 2.75) is 32.4 Å². The monoisotopic (exact) mass is 320 g/mol. The maximum atomic E-state index is 13.8. The van der Waals surface area contributed by atoms with Crippen molar-refractivity contribution in [3.63, 3.8) is 0 Å². The number of thiazole rings is 1. The van der Waals surface area contributed by atoms with Crippen molar-refractivity contribution in [3.05, 3.63) is 41.2 Å². The lowest BCUT2D eigenvalue weighted by molar-refractivity contribution is 0.0692. The molecule has 1 atom stereocenters. The third-order valence-electron chi connectivity index (χ3n) is 4.36. The largest absolute Gasteiger partial charge is 0.393 e. The molecule has 0 saturated carbocycles. The molecule has 3 rings (SSSR count). The quantitative estimate of drug-likeness (QED) is 0.936. The normalized spacial score (nSPS) is 18.5. The summed E-state index contributed by atoms with van der Waals surface area (Å²) in [5.74, 6) is 0.196. The number of aliphatic hydroxyl groups is 1. The fourth-order valence-electron chi connectivity index (χ4n) is 2.96. The fourth-order valence-corrected chi connectivity index (χ4v) is 3.80. The highest BCUT2D eigenvalue weighted by atomic mass is 32.1. The van der Waals surface area contributed by atoms with Gasteiger partial charge in [-0.3, -0.25) is 4.90 Å². The van der Waals surface area contributed by atoms with E-state index in [4.69, 9.17) is 0 Å². The number of benzene rings is 1. The van der Waals surface area contributed by atoms with E-state index in [9.17, 15) is 9.50 Å². The number of likely N-dealkylation sites (tertiary alicyclic amines) is 1. The molecule has 1 fully saturated rings. The van der Waals surface area contributed by atoms with Crippen LogP contribution in [0.15, 0.2) is 29.6 Å². The van der Waals surface area contributed by atoms with Crippen LogP contribution in [-0.4, -0.2) is 34.2 Å². The number of aromatic nitrogens is 1. The summed E-state index contributed by atoms with van der Waals surface area (Å²) in [5.41, 5.74) is 1.57. The molecular weight excluding hydrogens is 299 g/mol. The van der Waals surface area contributed by atoms with E-state index in [1.807, 2.05) is 18.4 Å². The Morgan fingerprint density at radius 2 is 2.09 bits per heavy atom. The summed E-state index contributed by atoms with van der Waals surface area (Å²) in [4.78, 5) is 6.94. The summed E-state index contributed by atoms with van der Waals surface area (Å²) in [6, 6.07) is 6.77. The molecule has 0 bridgehead atoms. The van der Waals surface area contributed by atoms with Gasteiger partial charge >= 0.3 is 0 Å². The minimum absolute atomic E-state index is 0.214. The van der Waals surface area contributed by atoms with Gasteiger partial charge in [-0.2, -0.15) is 0 Å². The highest BCUT2D eigenvalue weighted by Gasteiger charge is 2.23. The zero-order valence-electron chi connectivity index (χ0n) is 12.7. The van der Waals surface area contributed by atoms with Gasteiger partial charge in [0.2, 0.25) is 0 Å². The lowest BCUT2D eigenvalue weighted by atomic mass is 9.92. The molecule has 1 aromatic carbocycles. The zero-order chi connectivity index (χ0) is 15.5. The lowest BCUT2D eigenvalue weighted by Gasteiger charge is -2.32. The highest BCUT2D eigenvalue weighted by molar-refractivity contribution is 7.13. The number of aliphatic hydroxyl groups excluding tert-OH is 1. The molecule has 0 aliphatic carbocycles. The standard InChI is InChI=1S/C17H21FN2OS/c1-12(21)13-6-8-20(9-7-13)10-14-11-22-17(19-14)15-4-2-3-5-16(15)18/h2-5,11-13,21H,6-10H2,1H3. The van der Waals surface area contributed by atoms with Gasteiger partial charge in [-0.05, 0) is 50.9 Å². The van der Waals surface area contributed by atoms with Crippen LogP contribution in [0.5, 0.6) is 0 Å². The predicted octanol–water partition coefficient (Wildman–Crippen LogP) is 3.54. The summed E-state index contributed by atoms with van der Waals surface area (Å²) in [6.07, 6.45) is 1.85. The van der Waals surface area contributed by atoms with Gasteiger partial charge in [-0.1, -0.05) is 12.1 Å². The third kappa shape index (κ3) is 3.54. The molecule has 0 radical (unpaired) electrons. The Hall–Kier alpha value is -1.30. The molecule has 5 heteroatoms. The molecular formula is C17H21FN2OS. The van der Waals surface area contributed by atoms with Crippen molar-refractivity contribution >= 4 is 11.3 Å². The van der Waals surface area contributed by atoms with E-state index in [0.717, 1.165) is 43.2 Å². The minimum atomic E-state index is -0.221. The molecule has 118 valence electrons. The molecule has 1 N–H and O–H groups in total. The molecule has 1 aliphatic rings. The second kappa shape index (κ2) is 6.86. The summed E-state index contributed by atoms with van der Waals surface area (Å²) < 4.78 is 13.8. The predicted molar refractivity (Wildman–Crippen MR) is 87.2 cm³/mol. The van der Waals surface area contributed by atoms with E-state index in [0.29, 0.717) is 11.5 Å². The molecule has 3 nitrogen and oxygen atoms in total. The van der Waals surface area contributed by atoms with Crippen molar-refractivity contribution < 1.29 is 9.50 Å². The Labute approximate surface area is 134 Å². The van der Waals surface area contributed by atoms with E-state index in [1.54, 1.807) is 12.1 Å². The Kier molecular flexibility index (Phi) is 4.86. The summed E-state index contributed by atoms with van der Waals surface area (Å²) in [6.45, 7) is 4.66. The van der Waals surface area contributed by atoms with Crippen LogP contribution in [-0.2, 0) is 6.54 Å². The van der Waals surface area contributed by atoms with Crippen molar-refractivity contribution in [2.24, 2.45) is 5.92 Å². The summed E-state index contributed by atoms with van der Waals surface area (Å²) >= 11 is 1.49. The average molecular weight is 320 g/mol. The highest BCUT2D eigenvalue weighted by Crippen LogP contribution is 2.27. The summed E-state index contributed by atoms with van der Waals surface area (Å²) in [7, 11) is 0. The van der Waals surface area contributed by atoms with Crippen LogP contribution in [0, 0.1) is 11.7 Å². The molecule has 2 heterocycles. The first kappa shape index (κ1) is 15.6. The molecule has 0 spiro atoms. The number of halogens is 1. The van der Waals surface area contributed by atoms with E-state index < -0.39 is 0 Å². The van der Waals surface area contributed by atoms with Crippen LogP contribution < -0.4 is 0 Å². The van der Waals surface area contributed by atoms with Gasteiger partial charge in [-0.25, -0.2) is 9.37 Å². The van der Waals surface area contributed by atoms with E-state index >= 15 is 0 Å². The lowest BCUT2D eigenvalue weighted by Crippen LogP contribution is -2.36. The fraction of sp³-hybridized carbons (Fsp3) is 0.471. The Morgan fingerprint density at radius 3 is 2.77 bits per heavy atom. The van der Waals surface area contributed by atoms with E-state index in [2.05, 4.69) is 9.88 Å². The van der Waals surface area contributed by atoms with Crippen LogP contribution in [0.3, 0.4) is 0 Å². The molecule has 1 aliphatic heterocycles. The Morgan fingerprint density at radius 1 is 1.36 bits per heavy atom. The summed E-state index contributed by atoms with van der Waals surface area (Å²) in [5, 5.41) is 12.4. The van der Waals surface area contributed by atoms with Gasteiger partial charge in [0.1, 0.15) is 10.8 Å². The van der Waals surface area contributed by atoms with E-state index in [1.165, 1.54) is 17.4 Å². The Bertz CT molecular complexity index is 621. The van der Waals surface area contributed by atoms with Crippen LogP contribution in [0.2, 0.25) is 0 Å². The molecule has 2 aromatic rings. The first-order chi connectivity index (χ1) is 10.6. The topological polar surface area (TPSA) is 36.4 Å². The van der Waals surface area contributed by atoms with Gasteiger partial charge in [0.05, 0.1) is 11.8 Å². The van der Waals surface area contributed by atoms with Gasteiger partial charge in [-0.15, -0.1) is 11.3 Å². The number of nitrogens with zero attached hydrogens (tertiary/aromatic N) is 2. The Balaban J connectivity index is 1.62.